The smallest absolute Gasteiger partial charge is 0.215 e. The maximum Gasteiger partial charge on any atom is 0.215 e. The van der Waals surface area contributed by atoms with Gasteiger partial charge in [-0.2, -0.15) is 4.98 Å². The SMILES string of the molecule is CCCCC(CC)COc1cccc(NN)n1. The fraction of sp³-hybridized carbons (Fsp3) is 0.615. The first kappa shape index (κ1) is 13.8. The molecule has 0 aromatic carbocycles. The molecule has 0 aliphatic rings. The molecular weight excluding hydrogens is 214 g/mol. The maximum atomic E-state index is 5.69. The van der Waals surface area contributed by atoms with Crippen LogP contribution in [0.1, 0.15) is 39.5 Å². The van der Waals surface area contributed by atoms with Crippen LogP contribution in [0.3, 0.4) is 0 Å². The summed E-state index contributed by atoms with van der Waals surface area (Å²) in [5.41, 5.74) is 2.51. The van der Waals surface area contributed by atoms with E-state index in [2.05, 4.69) is 24.3 Å². The molecule has 0 saturated heterocycles. The van der Waals surface area contributed by atoms with Gasteiger partial charge in [0.2, 0.25) is 5.88 Å². The van der Waals surface area contributed by atoms with E-state index >= 15 is 0 Å². The number of ether oxygens (including phenoxy) is 1. The number of anilines is 1. The van der Waals surface area contributed by atoms with Crippen molar-refractivity contribution in [2.45, 2.75) is 39.5 Å². The lowest BCUT2D eigenvalue weighted by molar-refractivity contribution is 0.226. The summed E-state index contributed by atoms with van der Waals surface area (Å²) in [7, 11) is 0. The van der Waals surface area contributed by atoms with E-state index in [0.717, 1.165) is 13.0 Å². The second-order valence-electron chi connectivity index (χ2n) is 4.23. The van der Waals surface area contributed by atoms with Crippen LogP contribution in [0.15, 0.2) is 18.2 Å². The van der Waals surface area contributed by atoms with Crippen LogP contribution in [0.25, 0.3) is 0 Å². The maximum absolute atomic E-state index is 5.69. The summed E-state index contributed by atoms with van der Waals surface area (Å²) in [4.78, 5) is 4.22. The largest absolute Gasteiger partial charge is 0.477 e. The van der Waals surface area contributed by atoms with Crippen LogP contribution < -0.4 is 16.0 Å². The second-order valence-corrected chi connectivity index (χ2v) is 4.23. The molecule has 4 heteroatoms. The van der Waals surface area contributed by atoms with Crippen molar-refractivity contribution in [1.29, 1.82) is 0 Å². The van der Waals surface area contributed by atoms with Crippen molar-refractivity contribution in [3.63, 3.8) is 0 Å². The highest BCUT2D eigenvalue weighted by molar-refractivity contribution is 5.35. The number of hydrazine groups is 1. The molecule has 0 aliphatic heterocycles. The first-order valence-corrected chi connectivity index (χ1v) is 6.36. The molecule has 0 amide bonds. The summed E-state index contributed by atoms with van der Waals surface area (Å²) in [6.07, 6.45) is 4.87. The number of nitrogens with two attached hydrogens (primary N) is 1. The topological polar surface area (TPSA) is 60.2 Å². The molecule has 0 spiro atoms. The number of unbranched alkanes of at least 4 members (excludes halogenated alkanes) is 1. The number of hydrogen-bond acceptors (Lipinski definition) is 4. The van der Waals surface area contributed by atoms with Gasteiger partial charge in [-0.15, -0.1) is 0 Å². The molecule has 0 fully saturated rings. The predicted octanol–water partition coefficient (Wildman–Crippen LogP) is 2.96. The summed E-state index contributed by atoms with van der Waals surface area (Å²) in [6.45, 7) is 5.15. The fourth-order valence-electron chi connectivity index (χ4n) is 1.68. The Morgan fingerprint density at radius 3 is 2.88 bits per heavy atom. The number of nitrogens with zero attached hydrogens (tertiary/aromatic N) is 1. The van der Waals surface area contributed by atoms with E-state index in [1.54, 1.807) is 6.07 Å². The molecule has 1 aromatic rings. The molecule has 3 N–H and O–H groups in total. The lowest BCUT2D eigenvalue weighted by Gasteiger charge is -2.15. The van der Waals surface area contributed by atoms with Gasteiger partial charge in [0.05, 0.1) is 6.61 Å². The highest BCUT2D eigenvalue weighted by atomic mass is 16.5. The van der Waals surface area contributed by atoms with Crippen LogP contribution in [-0.2, 0) is 0 Å². The summed E-state index contributed by atoms with van der Waals surface area (Å²) >= 11 is 0. The summed E-state index contributed by atoms with van der Waals surface area (Å²) < 4.78 is 5.69. The fourth-order valence-corrected chi connectivity index (χ4v) is 1.68. The van der Waals surface area contributed by atoms with Gasteiger partial charge in [-0.3, -0.25) is 0 Å². The van der Waals surface area contributed by atoms with Gasteiger partial charge in [-0.1, -0.05) is 39.2 Å². The molecule has 1 rings (SSSR count). The minimum atomic E-state index is 0.617. The molecule has 4 nitrogen and oxygen atoms in total. The molecule has 1 heterocycles. The Hall–Kier alpha value is -1.29. The van der Waals surface area contributed by atoms with Crippen molar-refractivity contribution in [2.24, 2.45) is 11.8 Å². The Balaban J connectivity index is 2.41. The van der Waals surface area contributed by atoms with Gasteiger partial charge < -0.3 is 10.2 Å². The molecule has 0 aliphatic carbocycles. The summed E-state index contributed by atoms with van der Waals surface area (Å²) in [5.74, 6) is 7.18. The lowest BCUT2D eigenvalue weighted by Crippen LogP contribution is -2.13. The zero-order chi connectivity index (χ0) is 12.5. The number of nitrogens with one attached hydrogen (secondary N) is 1. The average molecular weight is 237 g/mol. The minimum Gasteiger partial charge on any atom is -0.477 e. The van der Waals surface area contributed by atoms with E-state index in [9.17, 15) is 0 Å². The van der Waals surface area contributed by atoms with Crippen molar-refractivity contribution in [3.8, 4) is 5.88 Å². The van der Waals surface area contributed by atoms with Crippen molar-refractivity contribution < 1.29 is 4.74 Å². The van der Waals surface area contributed by atoms with Crippen LogP contribution in [0.5, 0.6) is 5.88 Å². The third-order valence-corrected chi connectivity index (χ3v) is 2.88. The standard InChI is InChI=1S/C13H23N3O/c1-3-5-7-11(4-2)10-17-13-9-6-8-12(15-13)16-14/h6,8-9,11H,3-5,7,10,14H2,1-2H3,(H,15,16). The highest BCUT2D eigenvalue weighted by Crippen LogP contribution is 2.16. The van der Waals surface area contributed by atoms with Gasteiger partial charge in [0, 0.05) is 6.07 Å². The van der Waals surface area contributed by atoms with Crippen LogP contribution >= 0.6 is 0 Å². The van der Waals surface area contributed by atoms with Crippen molar-refractivity contribution >= 4 is 5.82 Å². The van der Waals surface area contributed by atoms with Crippen LogP contribution in [0.4, 0.5) is 5.82 Å². The van der Waals surface area contributed by atoms with E-state index < -0.39 is 0 Å². The monoisotopic (exact) mass is 237 g/mol. The lowest BCUT2D eigenvalue weighted by atomic mass is 10.0. The zero-order valence-electron chi connectivity index (χ0n) is 10.8. The van der Waals surface area contributed by atoms with Gasteiger partial charge >= 0.3 is 0 Å². The van der Waals surface area contributed by atoms with Gasteiger partial charge in [-0.25, -0.2) is 5.84 Å². The van der Waals surface area contributed by atoms with Gasteiger partial charge in [-0.05, 0) is 18.4 Å². The Bertz CT molecular complexity index is 317. The predicted molar refractivity (Wildman–Crippen MR) is 70.8 cm³/mol. The Morgan fingerprint density at radius 1 is 1.41 bits per heavy atom. The molecule has 0 radical (unpaired) electrons. The first-order chi connectivity index (χ1) is 8.30. The quantitative estimate of drug-likeness (QED) is 0.539. The normalized spacial score (nSPS) is 12.2. The molecule has 17 heavy (non-hydrogen) atoms. The van der Waals surface area contributed by atoms with E-state index in [1.807, 2.05) is 12.1 Å². The highest BCUT2D eigenvalue weighted by Gasteiger charge is 2.07. The number of pyridine rings is 1. The molecular formula is C13H23N3O. The van der Waals surface area contributed by atoms with E-state index in [1.165, 1.54) is 19.3 Å². The summed E-state index contributed by atoms with van der Waals surface area (Å²) in [5, 5.41) is 0. The van der Waals surface area contributed by atoms with Gasteiger partial charge in [0.1, 0.15) is 5.82 Å². The van der Waals surface area contributed by atoms with E-state index in [-0.39, 0.29) is 0 Å². The van der Waals surface area contributed by atoms with E-state index in [0.29, 0.717) is 17.6 Å². The molecule has 1 atom stereocenters. The van der Waals surface area contributed by atoms with Crippen molar-refractivity contribution in [3.05, 3.63) is 18.2 Å². The number of aromatic nitrogens is 1. The van der Waals surface area contributed by atoms with Gasteiger partial charge in [0.15, 0.2) is 0 Å². The molecule has 1 unspecified atom stereocenters. The van der Waals surface area contributed by atoms with Crippen LogP contribution in [0, 0.1) is 5.92 Å². The second kappa shape index (κ2) is 7.90. The third-order valence-electron chi connectivity index (χ3n) is 2.88. The van der Waals surface area contributed by atoms with E-state index in [4.69, 9.17) is 10.6 Å². The minimum absolute atomic E-state index is 0.617. The number of hydrogen-bond donors (Lipinski definition) is 2. The number of nitrogen functional groups attached to an aromatic ring is 1. The van der Waals surface area contributed by atoms with Crippen molar-refractivity contribution in [1.82, 2.24) is 4.98 Å². The first-order valence-electron chi connectivity index (χ1n) is 6.36. The van der Waals surface area contributed by atoms with Crippen molar-refractivity contribution in [2.75, 3.05) is 12.0 Å². The van der Waals surface area contributed by atoms with Gasteiger partial charge in [0.25, 0.3) is 0 Å². The summed E-state index contributed by atoms with van der Waals surface area (Å²) in [6, 6.07) is 5.54. The molecule has 0 bridgehead atoms. The Labute approximate surface area is 104 Å². The van der Waals surface area contributed by atoms with Crippen LogP contribution in [0.2, 0.25) is 0 Å². The third kappa shape index (κ3) is 5.04. The van der Waals surface area contributed by atoms with Crippen LogP contribution in [-0.4, -0.2) is 11.6 Å². The molecule has 96 valence electrons. The molecule has 1 aromatic heterocycles. The average Bonchev–Trinajstić information content (AvgIpc) is 2.39. The zero-order valence-corrected chi connectivity index (χ0v) is 10.8. The Morgan fingerprint density at radius 2 is 2.24 bits per heavy atom. The molecule has 0 saturated carbocycles. The number of rotatable bonds is 8. The Kier molecular flexibility index (Phi) is 6.40.